The van der Waals surface area contributed by atoms with Crippen molar-refractivity contribution < 1.29 is 9.84 Å². The summed E-state index contributed by atoms with van der Waals surface area (Å²) in [5.41, 5.74) is 0.816. The highest BCUT2D eigenvalue weighted by Gasteiger charge is 1.93. The van der Waals surface area contributed by atoms with Crippen molar-refractivity contribution in [2.45, 2.75) is 0 Å². The summed E-state index contributed by atoms with van der Waals surface area (Å²) in [5.74, 6) is 0. The Bertz CT molecular complexity index is 124. The fraction of sp³-hybridized carbons (Fsp3) is 0.333. The van der Waals surface area contributed by atoms with Gasteiger partial charge in [0.1, 0.15) is 13.2 Å². The van der Waals surface area contributed by atoms with E-state index in [9.17, 15) is 5.11 Å². The molecule has 0 saturated heterocycles. The summed E-state index contributed by atoms with van der Waals surface area (Å²) in [5, 5.41) is 10.1. The highest BCUT2D eigenvalue weighted by molar-refractivity contribution is 5.19. The molecule has 1 aliphatic rings. The number of hydrogen-bond acceptors (Lipinski definition) is 1. The van der Waals surface area contributed by atoms with Crippen molar-refractivity contribution in [3.05, 3.63) is 24.0 Å². The normalized spacial score (nSPS) is 17.4. The van der Waals surface area contributed by atoms with Crippen molar-refractivity contribution in [2.75, 3.05) is 13.2 Å². The average Bonchev–Trinajstić information content (AvgIpc) is 1.90. The van der Waals surface area contributed by atoms with Crippen LogP contribution in [0.2, 0.25) is 0 Å². The van der Waals surface area contributed by atoms with E-state index in [1.165, 1.54) is 0 Å². The lowest BCUT2D eigenvalue weighted by Crippen LogP contribution is -1.94. The Morgan fingerprint density at radius 1 is 1.75 bits per heavy atom. The molecule has 0 unspecified atom stereocenters. The maximum absolute atomic E-state index is 10.1. The first-order valence-electron chi connectivity index (χ1n) is 2.49. The first kappa shape index (κ1) is 5.38. The van der Waals surface area contributed by atoms with Crippen molar-refractivity contribution in [2.24, 2.45) is 0 Å². The standard InChI is InChI=1S/C6H7O2/c7-5-6-1-3-8-4-2-6/h1-3H,4-5H2. The molecule has 0 bridgehead atoms. The molecule has 2 nitrogen and oxygen atoms in total. The Morgan fingerprint density at radius 3 is 3.00 bits per heavy atom. The van der Waals surface area contributed by atoms with Gasteiger partial charge in [-0.2, -0.15) is 0 Å². The van der Waals surface area contributed by atoms with Crippen LogP contribution in [-0.2, 0) is 9.84 Å². The van der Waals surface area contributed by atoms with E-state index in [0.29, 0.717) is 6.61 Å². The van der Waals surface area contributed by atoms with E-state index in [0.717, 1.165) is 5.57 Å². The van der Waals surface area contributed by atoms with Gasteiger partial charge in [-0.25, -0.2) is 5.11 Å². The van der Waals surface area contributed by atoms with Gasteiger partial charge in [0.15, 0.2) is 0 Å². The molecule has 0 saturated carbocycles. The minimum Gasteiger partial charge on any atom is -0.497 e. The summed E-state index contributed by atoms with van der Waals surface area (Å²) < 4.78 is 4.81. The summed E-state index contributed by atoms with van der Waals surface area (Å²) in [7, 11) is 0. The Labute approximate surface area is 48.1 Å². The van der Waals surface area contributed by atoms with Gasteiger partial charge in [0.05, 0.1) is 6.26 Å². The molecule has 0 aliphatic carbocycles. The lowest BCUT2D eigenvalue weighted by atomic mass is 10.2. The van der Waals surface area contributed by atoms with Gasteiger partial charge in [0, 0.05) is 0 Å². The van der Waals surface area contributed by atoms with Crippen molar-refractivity contribution in [1.29, 1.82) is 0 Å². The quantitative estimate of drug-likeness (QED) is 0.494. The van der Waals surface area contributed by atoms with Crippen LogP contribution in [0, 0.1) is 0 Å². The van der Waals surface area contributed by atoms with Crippen LogP contribution in [0.1, 0.15) is 0 Å². The summed E-state index contributed by atoms with van der Waals surface area (Å²) in [6.07, 6.45) is 5.02. The number of ether oxygens (including phenoxy) is 1. The molecular weight excluding hydrogens is 104 g/mol. The predicted molar refractivity (Wildman–Crippen MR) is 28.7 cm³/mol. The number of hydrogen-bond donors (Lipinski definition) is 0. The highest BCUT2D eigenvalue weighted by atomic mass is 16.5. The van der Waals surface area contributed by atoms with Crippen LogP contribution in [0.15, 0.2) is 24.0 Å². The topological polar surface area (TPSA) is 29.1 Å². The molecule has 0 fully saturated rings. The largest absolute Gasteiger partial charge is 0.497 e. The van der Waals surface area contributed by atoms with Gasteiger partial charge in [-0.05, 0) is 17.7 Å². The third kappa shape index (κ3) is 1.10. The Morgan fingerprint density at radius 2 is 2.62 bits per heavy atom. The molecule has 0 N–H and O–H groups in total. The SMILES string of the molecule is [O]CC1=CCOC=C1. The number of rotatable bonds is 1. The minimum atomic E-state index is -0.139. The van der Waals surface area contributed by atoms with Gasteiger partial charge >= 0.3 is 0 Å². The van der Waals surface area contributed by atoms with E-state index in [-0.39, 0.29) is 6.61 Å². The maximum atomic E-state index is 10.1. The van der Waals surface area contributed by atoms with E-state index < -0.39 is 0 Å². The fourth-order valence-electron chi connectivity index (χ4n) is 0.521. The van der Waals surface area contributed by atoms with Crippen LogP contribution in [0.4, 0.5) is 0 Å². The molecule has 0 aromatic carbocycles. The average molecular weight is 111 g/mol. The van der Waals surface area contributed by atoms with E-state index in [2.05, 4.69) is 0 Å². The zero-order valence-electron chi connectivity index (χ0n) is 4.46. The third-order valence-electron chi connectivity index (χ3n) is 0.987. The maximum Gasteiger partial charge on any atom is 0.107 e. The fourth-order valence-corrected chi connectivity index (χ4v) is 0.521. The van der Waals surface area contributed by atoms with Crippen LogP contribution < -0.4 is 0 Å². The van der Waals surface area contributed by atoms with Crippen molar-refractivity contribution in [3.63, 3.8) is 0 Å². The van der Waals surface area contributed by atoms with Gasteiger partial charge in [-0.3, -0.25) is 0 Å². The molecule has 1 aliphatic heterocycles. The zero-order valence-corrected chi connectivity index (χ0v) is 4.46. The van der Waals surface area contributed by atoms with Gasteiger partial charge < -0.3 is 4.74 Å². The van der Waals surface area contributed by atoms with Crippen LogP contribution >= 0.6 is 0 Å². The van der Waals surface area contributed by atoms with Crippen LogP contribution in [0.5, 0.6) is 0 Å². The van der Waals surface area contributed by atoms with Gasteiger partial charge in [0.2, 0.25) is 0 Å². The highest BCUT2D eigenvalue weighted by Crippen LogP contribution is 2.00. The first-order chi connectivity index (χ1) is 3.93. The monoisotopic (exact) mass is 111 g/mol. The molecular formula is C6H7O2. The van der Waals surface area contributed by atoms with Gasteiger partial charge in [0.25, 0.3) is 0 Å². The van der Waals surface area contributed by atoms with Crippen molar-refractivity contribution >= 4 is 0 Å². The van der Waals surface area contributed by atoms with Crippen molar-refractivity contribution in [3.8, 4) is 0 Å². The Hall–Kier alpha value is -0.760. The van der Waals surface area contributed by atoms with Gasteiger partial charge in [-0.15, -0.1) is 0 Å². The molecule has 8 heavy (non-hydrogen) atoms. The van der Waals surface area contributed by atoms with Crippen molar-refractivity contribution in [1.82, 2.24) is 0 Å². The van der Waals surface area contributed by atoms with E-state index in [1.54, 1.807) is 18.4 Å². The zero-order chi connectivity index (χ0) is 5.82. The minimum absolute atomic E-state index is 0.139. The summed E-state index contributed by atoms with van der Waals surface area (Å²) in [6, 6.07) is 0. The molecule has 2 heteroatoms. The Kier molecular flexibility index (Phi) is 1.70. The molecule has 0 aromatic heterocycles. The second-order valence-electron chi connectivity index (χ2n) is 1.56. The predicted octanol–water partition coefficient (Wildman–Crippen LogP) is 0.887. The lowest BCUT2D eigenvalue weighted by molar-refractivity contribution is 0.219. The van der Waals surface area contributed by atoms with E-state index >= 15 is 0 Å². The Balaban J connectivity index is 2.51. The second kappa shape index (κ2) is 2.52. The molecule has 1 rings (SSSR count). The van der Waals surface area contributed by atoms with Crippen LogP contribution in [-0.4, -0.2) is 13.2 Å². The molecule has 0 atom stereocenters. The van der Waals surface area contributed by atoms with Gasteiger partial charge in [-0.1, -0.05) is 0 Å². The van der Waals surface area contributed by atoms with Crippen LogP contribution in [0.3, 0.4) is 0 Å². The first-order valence-corrected chi connectivity index (χ1v) is 2.49. The third-order valence-corrected chi connectivity index (χ3v) is 0.987. The van der Waals surface area contributed by atoms with E-state index in [4.69, 9.17) is 4.74 Å². The summed E-state index contributed by atoms with van der Waals surface area (Å²) in [4.78, 5) is 0. The molecule has 43 valence electrons. The summed E-state index contributed by atoms with van der Waals surface area (Å²) >= 11 is 0. The van der Waals surface area contributed by atoms with E-state index in [1.807, 2.05) is 0 Å². The molecule has 0 amide bonds. The van der Waals surface area contributed by atoms with Crippen LogP contribution in [0.25, 0.3) is 0 Å². The summed E-state index contributed by atoms with van der Waals surface area (Å²) in [6.45, 7) is 0.411. The molecule has 0 aromatic rings. The molecule has 0 spiro atoms. The molecule has 1 heterocycles. The lowest BCUT2D eigenvalue weighted by Gasteiger charge is -2.02. The smallest absolute Gasteiger partial charge is 0.107 e. The second-order valence-corrected chi connectivity index (χ2v) is 1.56. The molecule has 1 radical (unpaired) electrons.